The maximum atomic E-state index is 12.8. The van der Waals surface area contributed by atoms with Crippen LogP contribution in [-0.4, -0.2) is 96.0 Å². The summed E-state index contributed by atoms with van der Waals surface area (Å²) in [5.41, 5.74) is 0. The minimum absolute atomic E-state index is 0.173. The molecule has 1 rings (SSSR count). The van der Waals surface area contributed by atoms with Crippen molar-refractivity contribution in [2.24, 2.45) is 0 Å². The molecule has 0 saturated carbocycles. The largest absolute Gasteiger partial charge is 0.462 e. The van der Waals surface area contributed by atoms with Crippen LogP contribution in [0.15, 0.2) is 0 Å². The highest BCUT2D eigenvalue weighted by atomic mass is 32.2. The van der Waals surface area contributed by atoms with E-state index < -0.39 is 71.2 Å². The monoisotopic (exact) mass is 879 g/mol. The van der Waals surface area contributed by atoms with Crippen molar-refractivity contribution in [3.05, 3.63) is 0 Å². The van der Waals surface area contributed by atoms with Gasteiger partial charge < -0.3 is 34.3 Å². The molecule has 0 spiro atoms. The summed E-state index contributed by atoms with van der Waals surface area (Å²) < 4.78 is 54.1. The Balaban J connectivity index is 2.36. The van der Waals surface area contributed by atoms with E-state index in [1.165, 1.54) is 154 Å². The van der Waals surface area contributed by atoms with Gasteiger partial charge in [0, 0.05) is 12.8 Å². The second-order valence-corrected chi connectivity index (χ2v) is 19.0. The molecule has 0 bridgehead atoms. The van der Waals surface area contributed by atoms with Crippen LogP contribution in [0.1, 0.15) is 232 Å². The predicted molar refractivity (Wildman–Crippen MR) is 238 cm³/mol. The van der Waals surface area contributed by atoms with Crippen molar-refractivity contribution in [2.75, 3.05) is 19.0 Å². The summed E-state index contributed by atoms with van der Waals surface area (Å²) in [7, 11) is -4.60. The highest BCUT2D eigenvalue weighted by Crippen LogP contribution is 2.24. The van der Waals surface area contributed by atoms with Gasteiger partial charge in [0.2, 0.25) is 0 Å². The van der Waals surface area contributed by atoms with Crippen LogP contribution >= 0.6 is 0 Å². The number of carbonyl (C=O) groups excluding carboxylic acids is 2. The van der Waals surface area contributed by atoms with Crippen LogP contribution < -0.4 is 0 Å². The van der Waals surface area contributed by atoms with E-state index >= 15 is 0 Å². The zero-order valence-corrected chi connectivity index (χ0v) is 38.9. The predicted octanol–water partition coefficient (Wildman–Crippen LogP) is 10.5. The zero-order valence-electron chi connectivity index (χ0n) is 38.1. The third-order valence-corrected chi connectivity index (χ3v) is 12.4. The summed E-state index contributed by atoms with van der Waals surface area (Å²) in [5.74, 6) is -1.96. The minimum atomic E-state index is -4.60. The van der Waals surface area contributed by atoms with Crippen LogP contribution in [0.25, 0.3) is 0 Å². The second kappa shape index (κ2) is 38.1. The quantitative estimate of drug-likeness (QED) is 0.0259. The summed E-state index contributed by atoms with van der Waals surface area (Å²) in [4.78, 5) is 25.4. The van der Waals surface area contributed by atoms with Crippen molar-refractivity contribution < 1.29 is 56.8 Å². The number of esters is 2. The number of aliphatic hydroxyl groups is 3. The lowest BCUT2D eigenvalue weighted by Crippen LogP contribution is -2.60. The molecule has 0 radical (unpaired) electrons. The molecule has 1 heterocycles. The number of aliphatic hydroxyl groups excluding tert-OH is 3. The van der Waals surface area contributed by atoms with Gasteiger partial charge in [0.1, 0.15) is 36.8 Å². The van der Waals surface area contributed by atoms with Crippen LogP contribution in [-0.2, 0) is 38.7 Å². The molecule has 13 heteroatoms. The normalized spacial score (nSPS) is 20.0. The smallest absolute Gasteiger partial charge is 0.306 e. The van der Waals surface area contributed by atoms with E-state index in [0.717, 1.165) is 38.5 Å². The number of hydrogen-bond donors (Lipinski definition) is 4. The first-order chi connectivity index (χ1) is 29.0. The third kappa shape index (κ3) is 32.3. The summed E-state index contributed by atoms with van der Waals surface area (Å²) >= 11 is 0. The molecule has 4 N–H and O–H groups in total. The summed E-state index contributed by atoms with van der Waals surface area (Å²) in [5, 5.41) is 30.9. The van der Waals surface area contributed by atoms with Crippen molar-refractivity contribution in [1.82, 2.24) is 0 Å². The van der Waals surface area contributed by atoms with Crippen molar-refractivity contribution in [1.29, 1.82) is 0 Å². The topological polar surface area (TPSA) is 186 Å². The van der Waals surface area contributed by atoms with E-state index in [4.69, 9.17) is 18.9 Å². The minimum Gasteiger partial charge on any atom is -0.462 e. The van der Waals surface area contributed by atoms with Gasteiger partial charge in [-0.1, -0.05) is 206 Å². The Bertz CT molecular complexity index is 1120. The van der Waals surface area contributed by atoms with Crippen molar-refractivity contribution in [3.63, 3.8) is 0 Å². The molecule has 1 saturated heterocycles. The van der Waals surface area contributed by atoms with E-state index in [-0.39, 0.29) is 19.4 Å². The molecular weight excluding hydrogens is 789 g/mol. The molecule has 0 amide bonds. The number of carbonyl (C=O) groups is 2. The van der Waals surface area contributed by atoms with E-state index in [1.54, 1.807) is 0 Å². The van der Waals surface area contributed by atoms with Crippen LogP contribution in [0.2, 0.25) is 0 Å². The third-order valence-electron chi connectivity index (χ3n) is 11.7. The maximum absolute atomic E-state index is 12.8. The van der Waals surface area contributed by atoms with E-state index in [9.17, 15) is 37.9 Å². The summed E-state index contributed by atoms with van der Waals surface area (Å²) in [6.45, 7) is 3.79. The molecule has 60 heavy (non-hydrogen) atoms. The average molecular weight is 879 g/mol. The number of ether oxygens (including phenoxy) is 4. The van der Waals surface area contributed by atoms with Crippen LogP contribution in [0.5, 0.6) is 0 Å². The second-order valence-electron chi connectivity index (χ2n) is 17.5. The Kier molecular flexibility index (Phi) is 36.0. The molecule has 0 aromatic heterocycles. The van der Waals surface area contributed by atoms with Gasteiger partial charge in [-0.15, -0.1) is 0 Å². The standard InChI is InChI=1S/C47H90O12S/c1-3-5-7-9-11-13-15-17-18-19-20-21-22-23-24-26-28-30-32-34-36-43(49)58-40(38-57-47-46(52)45(51)44(50)41(59-47)39-60(53,54)55)37-56-42(48)35-33-31-29-27-25-16-14-12-10-8-6-4-2/h40-41,44-47,50-52H,3-39H2,1-2H3,(H,53,54,55)/t40-,41-,44-,45?,46?,47+/m1/s1. The zero-order chi connectivity index (χ0) is 44.1. The van der Waals surface area contributed by atoms with Crippen LogP contribution in [0, 0.1) is 0 Å². The van der Waals surface area contributed by atoms with Gasteiger partial charge in [0.25, 0.3) is 10.1 Å². The Morgan fingerprint density at radius 3 is 1.22 bits per heavy atom. The Morgan fingerprint density at radius 1 is 0.500 bits per heavy atom. The molecule has 1 aliphatic rings. The van der Waals surface area contributed by atoms with Crippen molar-refractivity contribution in [3.8, 4) is 0 Å². The van der Waals surface area contributed by atoms with Crippen LogP contribution in [0.3, 0.4) is 0 Å². The van der Waals surface area contributed by atoms with E-state index in [0.29, 0.717) is 12.8 Å². The molecule has 2 unspecified atom stereocenters. The molecule has 356 valence electrons. The van der Waals surface area contributed by atoms with Gasteiger partial charge in [0.15, 0.2) is 12.4 Å². The van der Waals surface area contributed by atoms with Gasteiger partial charge in [-0.05, 0) is 12.8 Å². The maximum Gasteiger partial charge on any atom is 0.306 e. The number of rotatable bonds is 42. The molecule has 0 aliphatic carbocycles. The van der Waals surface area contributed by atoms with E-state index in [1.807, 2.05) is 0 Å². The highest BCUT2D eigenvalue weighted by Gasteiger charge is 2.46. The van der Waals surface area contributed by atoms with Crippen molar-refractivity contribution in [2.45, 2.75) is 269 Å². The Morgan fingerprint density at radius 2 is 0.850 bits per heavy atom. The Labute approximate surface area is 365 Å². The molecule has 12 nitrogen and oxygen atoms in total. The van der Waals surface area contributed by atoms with Gasteiger partial charge >= 0.3 is 11.9 Å². The number of hydrogen-bond acceptors (Lipinski definition) is 11. The van der Waals surface area contributed by atoms with Crippen molar-refractivity contribution >= 4 is 22.1 Å². The number of unbranched alkanes of at least 4 members (excludes halogenated alkanes) is 30. The van der Waals surface area contributed by atoms with Gasteiger partial charge in [-0.3, -0.25) is 14.1 Å². The fourth-order valence-electron chi connectivity index (χ4n) is 7.86. The lowest BCUT2D eigenvalue weighted by molar-refractivity contribution is -0.297. The van der Waals surface area contributed by atoms with Gasteiger partial charge in [0.05, 0.1) is 6.61 Å². The first-order valence-electron chi connectivity index (χ1n) is 24.6. The molecule has 1 fully saturated rings. The summed E-state index contributed by atoms with van der Waals surface area (Å²) in [6, 6.07) is 0. The average Bonchev–Trinajstić information content (AvgIpc) is 3.21. The Hall–Kier alpha value is -1.35. The van der Waals surface area contributed by atoms with Gasteiger partial charge in [-0.2, -0.15) is 8.42 Å². The lowest BCUT2D eigenvalue weighted by Gasteiger charge is -2.40. The molecule has 6 atom stereocenters. The molecule has 0 aromatic rings. The van der Waals surface area contributed by atoms with Gasteiger partial charge in [-0.25, -0.2) is 0 Å². The molecular formula is C47H90O12S. The molecule has 0 aromatic carbocycles. The SMILES string of the molecule is CCCCCCCCCCCCCCCCCCCCCCC(=O)O[C@H](COC(=O)CCCCCCCCCCCCCC)CO[C@H]1O[C@H](CS(=O)(=O)O)[C@@H](O)C(O)C1O. The first-order valence-corrected chi connectivity index (χ1v) is 26.2. The fourth-order valence-corrected chi connectivity index (χ4v) is 8.55. The fraction of sp³-hybridized carbons (Fsp3) is 0.957. The van der Waals surface area contributed by atoms with Crippen LogP contribution in [0.4, 0.5) is 0 Å². The lowest BCUT2D eigenvalue weighted by atomic mass is 10.00. The molecule has 1 aliphatic heterocycles. The first kappa shape index (κ1) is 56.7. The summed E-state index contributed by atoms with van der Waals surface area (Å²) in [6.07, 6.45) is 30.1. The van der Waals surface area contributed by atoms with E-state index in [2.05, 4.69) is 13.8 Å². The highest BCUT2D eigenvalue weighted by molar-refractivity contribution is 7.85.